The molecule has 8 heteroatoms. The molecule has 1 aliphatic rings. The summed E-state index contributed by atoms with van der Waals surface area (Å²) in [7, 11) is 0. The topological polar surface area (TPSA) is 114 Å². The van der Waals surface area contributed by atoms with Gasteiger partial charge in [0.2, 0.25) is 11.7 Å². The second-order valence-corrected chi connectivity index (χ2v) is 5.83. The molecule has 2 rings (SSSR count). The van der Waals surface area contributed by atoms with Crippen LogP contribution in [0.3, 0.4) is 0 Å². The van der Waals surface area contributed by atoms with Crippen LogP contribution >= 0.6 is 15.9 Å². The van der Waals surface area contributed by atoms with Crippen molar-refractivity contribution in [2.45, 2.75) is 31.7 Å². The van der Waals surface area contributed by atoms with E-state index >= 15 is 0 Å². The third-order valence-corrected chi connectivity index (χ3v) is 4.13. The average Bonchev–Trinajstić information content (AvgIpc) is 2.85. The van der Waals surface area contributed by atoms with Crippen molar-refractivity contribution in [3.05, 3.63) is 22.6 Å². The van der Waals surface area contributed by atoms with E-state index in [1.165, 1.54) is 6.26 Å². The number of carbonyl (C=O) groups excluding carboxylic acids is 3. The predicted octanol–water partition coefficient (Wildman–Crippen LogP) is 1.53. The SMILES string of the molecule is NC(=O)NC(=O)C1CCC(NC(=O)c2occc2Br)CC1. The van der Waals surface area contributed by atoms with Gasteiger partial charge in [-0.25, -0.2) is 4.79 Å². The number of nitrogens with one attached hydrogen (secondary N) is 2. The van der Waals surface area contributed by atoms with Crippen LogP contribution in [0, 0.1) is 5.92 Å². The van der Waals surface area contributed by atoms with Gasteiger partial charge in [-0.1, -0.05) is 0 Å². The largest absolute Gasteiger partial charge is 0.458 e. The fourth-order valence-corrected chi connectivity index (χ4v) is 2.81. The van der Waals surface area contributed by atoms with Gasteiger partial charge in [-0.3, -0.25) is 14.9 Å². The molecule has 1 aliphatic carbocycles. The van der Waals surface area contributed by atoms with Gasteiger partial charge in [0.15, 0.2) is 0 Å². The standard InChI is InChI=1S/C13H16BrN3O4/c14-9-5-6-21-10(9)12(19)16-8-3-1-7(2-4-8)11(18)17-13(15)20/h5-8H,1-4H2,(H,16,19)(H3,15,17,18,20). The van der Waals surface area contributed by atoms with Crippen LogP contribution < -0.4 is 16.4 Å². The molecule has 0 aromatic carbocycles. The summed E-state index contributed by atoms with van der Waals surface area (Å²) in [6.07, 6.45) is 3.97. The third-order valence-electron chi connectivity index (χ3n) is 3.50. The van der Waals surface area contributed by atoms with E-state index in [1.807, 2.05) is 0 Å². The van der Waals surface area contributed by atoms with Gasteiger partial charge in [0.1, 0.15) is 0 Å². The summed E-state index contributed by atoms with van der Waals surface area (Å²) in [6.45, 7) is 0. The van der Waals surface area contributed by atoms with E-state index in [-0.39, 0.29) is 29.5 Å². The van der Waals surface area contributed by atoms with Gasteiger partial charge in [-0.2, -0.15) is 0 Å². The van der Waals surface area contributed by atoms with Gasteiger partial charge in [0.05, 0.1) is 10.7 Å². The van der Waals surface area contributed by atoms with E-state index in [0.29, 0.717) is 30.2 Å². The molecule has 0 radical (unpaired) electrons. The van der Waals surface area contributed by atoms with Crippen LogP contribution in [0.5, 0.6) is 0 Å². The van der Waals surface area contributed by atoms with Crippen LogP contribution in [0.2, 0.25) is 0 Å². The van der Waals surface area contributed by atoms with Gasteiger partial charge < -0.3 is 15.5 Å². The lowest BCUT2D eigenvalue weighted by Crippen LogP contribution is -2.43. The third kappa shape index (κ3) is 4.07. The Kier molecular flexibility index (Phi) is 5.00. The van der Waals surface area contributed by atoms with Crippen molar-refractivity contribution in [3.63, 3.8) is 0 Å². The highest BCUT2D eigenvalue weighted by atomic mass is 79.9. The molecule has 0 bridgehead atoms. The number of urea groups is 1. The highest BCUT2D eigenvalue weighted by molar-refractivity contribution is 9.10. The molecule has 114 valence electrons. The molecular weight excluding hydrogens is 342 g/mol. The van der Waals surface area contributed by atoms with Crippen molar-refractivity contribution in [2.24, 2.45) is 11.7 Å². The molecule has 0 atom stereocenters. The highest BCUT2D eigenvalue weighted by Gasteiger charge is 2.28. The molecule has 0 unspecified atom stereocenters. The van der Waals surface area contributed by atoms with Crippen LogP contribution in [0.15, 0.2) is 21.2 Å². The van der Waals surface area contributed by atoms with E-state index < -0.39 is 6.03 Å². The van der Waals surface area contributed by atoms with Gasteiger partial charge in [-0.05, 0) is 47.7 Å². The van der Waals surface area contributed by atoms with E-state index in [1.54, 1.807) is 6.07 Å². The number of primary amides is 1. The Morgan fingerprint density at radius 3 is 2.43 bits per heavy atom. The van der Waals surface area contributed by atoms with E-state index in [2.05, 4.69) is 26.6 Å². The zero-order valence-corrected chi connectivity index (χ0v) is 12.8. The van der Waals surface area contributed by atoms with Gasteiger partial charge in [0.25, 0.3) is 5.91 Å². The Labute approximate surface area is 129 Å². The maximum absolute atomic E-state index is 12.0. The lowest BCUT2D eigenvalue weighted by atomic mass is 9.85. The first kappa shape index (κ1) is 15.6. The van der Waals surface area contributed by atoms with Crippen LogP contribution in [-0.4, -0.2) is 23.9 Å². The molecule has 21 heavy (non-hydrogen) atoms. The van der Waals surface area contributed by atoms with Crippen molar-refractivity contribution >= 4 is 33.8 Å². The molecule has 1 saturated carbocycles. The Hall–Kier alpha value is -1.83. The zero-order valence-electron chi connectivity index (χ0n) is 11.2. The molecule has 1 aromatic heterocycles. The second-order valence-electron chi connectivity index (χ2n) is 4.97. The maximum Gasteiger partial charge on any atom is 0.318 e. The van der Waals surface area contributed by atoms with Gasteiger partial charge in [-0.15, -0.1) is 0 Å². The van der Waals surface area contributed by atoms with E-state index in [4.69, 9.17) is 10.2 Å². The first-order valence-electron chi connectivity index (χ1n) is 6.61. The summed E-state index contributed by atoms with van der Waals surface area (Å²) >= 11 is 3.23. The second kappa shape index (κ2) is 6.75. The van der Waals surface area contributed by atoms with Gasteiger partial charge in [0, 0.05) is 12.0 Å². The number of amides is 4. The average molecular weight is 358 g/mol. The normalized spacial score (nSPS) is 21.6. The molecule has 4 amide bonds. The Morgan fingerprint density at radius 1 is 1.24 bits per heavy atom. The van der Waals surface area contributed by atoms with Crippen molar-refractivity contribution < 1.29 is 18.8 Å². The minimum absolute atomic E-state index is 0.00729. The van der Waals surface area contributed by atoms with Crippen molar-refractivity contribution in [1.29, 1.82) is 0 Å². The number of halogens is 1. The summed E-state index contributed by atoms with van der Waals surface area (Å²) in [5.41, 5.74) is 4.92. The van der Waals surface area contributed by atoms with Crippen molar-refractivity contribution in [1.82, 2.24) is 10.6 Å². The van der Waals surface area contributed by atoms with Crippen LogP contribution in [-0.2, 0) is 4.79 Å². The molecular formula is C13H16BrN3O4. The Morgan fingerprint density at radius 2 is 1.90 bits per heavy atom. The smallest absolute Gasteiger partial charge is 0.318 e. The maximum atomic E-state index is 12.0. The minimum Gasteiger partial charge on any atom is -0.458 e. The Bertz CT molecular complexity index is 549. The van der Waals surface area contributed by atoms with Crippen molar-refractivity contribution in [2.75, 3.05) is 0 Å². The molecule has 0 aliphatic heterocycles. The quantitative estimate of drug-likeness (QED) is 0.760. The Balaban J connectivity index is 1.82. The van der Waals surface area contributed by atoms with Crippen molar-refractivity contribution in [3.8, 4) is 0 Å². The zero-order chi connectivity index (χ0) is 15.4. The summed E-state index contributed by atoms with van der Waals surface area (Å²) in [6, 6.07) is 0.810. The fourth-order valence-electron chi connectivity index (χ4n) is 2.43. The lowest BCUT2D eigenvalue weighted by molar-refractivity contribution is -0.124. The molecule has 7 nitrogen and oxygen atoms in total. The van der Waals surface area contributed by atoms with Gasteiger partial charge >= 0.3 is 6.03 Å². The molecule has 0 saturated heterocycles. The molecule has 1 heterocycles. The lowest BCUT2D eigenvalue weighted by Gasteiger charge is -2.27. The molecule has 1 fully saturated rings. The number of hydrogen-bond acceptors (Lipinski definition) is 4. The van der Waals surface area contributed by atoms with E-state index in [9.17, 15) is 14.4 Å². The summed E-state index contributed by atoms with van der Waals surface area (Å²) in [5, 5.41) is 4.97. The number of carbonyl (C=O) groups is 3. The van der Waals surface area contributed by atoms with Crippen LogP contribution in [0.25, 0.3) is 0 Å². The first-order valence-corrected chi connectivity index (χ1v) is 7.41. The predicted molar refractivity (Wildman–Crippen MR) is 77.3 cm³/mol. The monoisotopic (exact) mass is 357 g/mol. The molecule has 0 spiro atoms. The number of rotatable bonds is 3. The van der Waals surface area contributed by atoms with Crippen LogP contribution in [0.1, 0.15) is 36.2 Å². The summed E-state index contributed by atoms with van der Waals surface area (Å²) < 4.78 is 5.70. The van der Waals surface area contributed by atoms with Crippen LogP contribution in [0.4, 0.5) is 4.79 Å². The van der Waals surface area contributed by atoms with E-state index in [0.717, 1.165) is 0 Å². The molecule has 4 N–H and O–H groups in total. The minimum atomic E-state index is -0.835. The number of hydrogen-bond donors (Lipinski definition) is 3. The number of furan rings is 1. The summed E-state index contributed by atoms with van der Waals surface area (Å²) in [4.78, 5) is 34.3. The number of nitrogens with two attached hydrogens (primary N) is 1. The first-order chi connectivity index (χ1) is 9.97. The summed E-state index contributed by atoms with van der Waals surface area (Å²) in [5.74, 6) is -0.623. The highest BCUT2D eigenvalue weighted by Crippen LogP contribution is 2.25. The number of imide groups is 1. The fraction of sp³-hybridized carbons (Fsp3) is 0.462. The molecule has 1 aromatic rings.